The van der Waals surface area contributed by atoms with Gasteiger partial charge in [0.05, 0.1) is 0 Å². The molecule has 1 saturated carbocycles. The van der Waals surface area contributed by atoms with Crippen LogP contribution in [0.4, 0.5) is 0 Å². The molecule has 0 unspecified atom stereocenters. The van der Waals surface area contributed by atoms with Gasteiger partial charge in [-0.05, 0) is 37.5 Å². The van der Waals surface area contributed by atoms with Crippen molar-refractivity contribution in [1.29, 1.82) is 0 Å². The van der Waals surface area contributed by atoms with Gasteiger partial charge in [-0.1, -0.05) is 57.2 Å². The molecule has 0 atom stereocenters. The molecule has 110 valence electrons. The fourth-order valence-corrected chi connectivity index (χ4v) is 3.59. The molecule has 20 heavy (non-hydrogen) atoms. The Morgan fingerprint density at radius 2 is 2.00 bits per heavy atom. The van der Waals surface area contributed by atoms with Crippen LogP contribution in [0.25, 0.3) is 0 Å². The summed E-state index contributed by atoms with van der Waals surface area (Å²) in [5.74, 6) is 0.164. The lowest BCUT2D eigenvalue weighted by molar-refractivity contribution is 0.0651. The molecule has 1 fully saturated rings. The van der Waals surface area contributed by atoms with E-state index in [1.807, 2.05) is 25.1 Å². The molecule has 1 amide bonds. The number of hydrogen-bond acceptors (Lipinski definition) is 1. The standard InChI is InChI=1S/C16H21Br2NO/c1-12-7-8-13(11-15(12)18)16(20)19(10-9-17)14-5-3-2-4-6-14/h7-8,11,14H,2-6,9-10H2,1H3. The molecule has 0 N–H and O–H groups in total. The molecule has 4 heteroatoms. The average Bonchev–Trinajstić information content (AvgIpc) is 2.48. The Morgan fingerprint density at radius 3 is 2.60 bits per heavy atom. The molecule has 1 aliphatic rings. The van der Waals surface area contributed by atoms with Crippen LogP contribution in [-0.4, -0.2) is 28.7 Å². The SMILES string of the molecule is Cc1ccc(C(=O)N(CCBr)C2CCCCC2)cc1Br. The lowest BCUT2D eigenvalue weighted by Crippen LogP contribution is -2.42. The van der Waals surface area contributed by atoms with Crippen molar-refractivity contribution >= 4 is 37.8 Å². The number of nitrogens with zero attached hydrogens (tertiary/aromatic N) is 1. The van der Waals surface area contributed by atoms with E-state index in [-0.39, 0.29) is 5.91 Å². The zero-order valence-corrected chi connectivity index (χ0v) is 15.0. The number of amides is 1. The highest BCUT2D eigenvalue weighted by Gasteiger charge is 2.25. The third-order valence-electron chi connectivity index (χ3n) is 4.02. The van der Waals surface area contributed by atoms with E-state index in [2.05, 4.69) is 36.8 Å². The summed E-state index contributed by atoms with van der Waals surface area (Å²) in [6.07, 6.45) is 6.09. The Labute approximate surface area is 138 Å². The Kier molecular flexibility index (Phi) is 6.09. The summed E-state index contributed by atoms with van der Waals surface area (Å²) < 4.78 is 1.01. The first kappa shape index (κ1) is 16.0. The first-order valence-corrected chi connectivity index (χ1v) is 9.18. The monoisotopic (exact) mass is 401 g/mol. The minimum absolute atomic E-state index is 0.164. The van der Waals surface area contributed by atoms with Crippen molar-refractivity contribution in [2.75, 3.05) is 11.9 Å². The van der Waals surface area contributed by atoms with E-state index < -0.39 is 0 Å². The van der Waals surface area contributed by atoms with Crippen molar-refractivity contribution in [3.63, 3.8) is 0 Å². The molecule has 0 aliphatic heterocycles. The Balaban J connectivity index is 2.18. The van der Waals surface area contributed by atoms with Crippen molar-refractivity contribution in [3.05, 3.63) is 33.8 Å². The van der Waals surface area contributed by atoms with Gasteiger partial charge in [0.2, 0.25) is 0 Å². The van der Waals surface area contributed by atoms with E-state index >= 15 is 0 Å². The van der Waals surface area contributed by atoms with Crippen LogP contribution in [0.5, 0.6) is 0 Å². The van der Waals surface area contributed by atoms with Crippen molar-refractivity contribution < 1.29 is 4.79 Å². The predicted octanol–water partition coefficient (Wildman–Crippen LogP) is 4.93. The number of aryl methyl sites for hydroxylation is 1. The predicted molar refractivity (Wildman–Crippen MR) is 90.6 cm³/mol. The van der Waals surface area contributed by atoms with Crippen molar-refractivity contribution in [1.82, 2.24) is 4.90 Å². The topological polar surface area (TPSA) is 20.3 Å². The summed E-state index contributed by atoms with van der Waals surface area (Å²) in [4.78, 5) is 14.8. The highest BCUT2D eigenvalue weighted by Crippen LogP contribution is 2.25. The number of halogens is 2. The van der Waals surface area contributed by atoms with E-state index in [4.69, 9.17) is 0 Å². The number of benzene rings is 1. The Bertz CT molecular complexity index is 470. The molecule has 1 aliphatic carbocycles. The molecule has 0 saturated heterocycles. The van der Waals surface area contributed by atoms with Gasteiger partial charge in [0.15, 0.2) is 0 Å². The Morgan fingerprint density at radius 1 is 1.30 bits per heavy atom. The second-order valence-corrected chi connectivity index (χ2v) is 7.09. The number of carbonyl (C=O) groups is 1. The number of hydrogen-bond donors (Lipinski definition) is 0. The maximum absolute atomic E-state index is 12.8. The van der Waals surface area contributed by atoms with Gasteiger partial charge in [-0.15, -0.1) is 0 Å². The second-order valence-electron chi connectivity index (χ2n) is 5.44. The van der Waals surface area contributed by atoms with Gasteiger partial charge < -0.3 is 4.90 Å². The van der Waals surface area contributed by atoms with Gasteiger partial charge >= 0.3 is 0 Å². The second kappa shape index (κ2) is 7.60. The molecule has 0 heterocycles. The molecule has 1 aromatic carbocycles. The smallest absolute Gasteiger partial charge is 0.254 e. The van der Waals surface area contributed by atoms with Crippen LogP contribution < -0.4 is 0 Å². The van der Waals surface area contributed by atoms with Crippen molar-refractivity contribution in [2.24, 2.45) is 0 Å². The number of rotatable bonds is 4. The van der Waals surface area contributed by atoms with Gasteiger partial charge in [-0.25, -0.2) is 0 Å². The summed E-state index contributed by atoms with van der Waals surface area (Å²) >= 11 is 7.00. The summed E-state index contributed by atoms with van der Waals surface area (Å²) in [7, 11) is 0. The number of carbonyl (C=O) groups excluding carboxylic acids is 1. The van der Waals surface area contributed by atoms with E-state index in [0.717, 1.165) is 40.3 Å². The van der Waals surface area contributed by atoms with E-state index in [1.165, 1.54) is 19.3 Å². The largest absolute Gasteiger partial charge is 0.335 e. The first-order chi connectivity index (χ1) is 9.63. The minimum Gasteiger partial charge on any atom is -0.335 e. The lowest BCUT2D eigenvalue weighted by atomic mass is 9.93. The molecule has 0 aromatic heterocycles. The van der Waals surface area contributed by atoms with E-state index in [0.29, 0.717) is 6.04 Å². The molecule has 0 radical (unpaired) electrons. The van der Waals surface area contributed by atoms with Crippen LogP contribution in [-0.2, 0) is 0 Å². The highest BCUT2D eigenvalue weighted by atomic mass is 79.9. The third-order valence-corrected chi connectivity index (χ3v) is 5.23. The van der Waals surface area contributed by atoms with Crippen LogP contribution >= 0.6 is 31.9 Å². The zero-order valence-electron chi connectivity index (χ0n) is 11.9. The highest BCUT2D eigenvalue weighted by molar-refractivity contribution is 9.10. The summed E-state index contributed by atoms with van der Waals surface area (Å²) in [6, 6.07) is 6.30. The Hall–Kier alpha value is -0.350. The van der Waals surface area contributed by atoms with Crippen LogP contribution in [0, 0.1) is 6.92 Å². The van der Waals surface area contributed by atoms with Crippen molar-refractivity contribution in [3.8, 4) is 0 Å². The summed E-state index contributed by atoms with van der Waals surface area (Å²) in [5.41, 5.74) is 1.94. The van der Waals surface area contributed by atoms with Crippen LogP contribution in [0.15, 0.2) is 22.7 Å². The van der Waals surface area contributed by atoms with Crippen molar-refractivity contribution in [2.45, 2.75) is 45.1 Å². The lowest BCUT2D eigenvalue weighted by Gasteiger charge is -2.34. The molecule has 1 aromatic rings. The first-order valence-electron chi connectivity index (χ1n) is 7.26. The molecule has 2 rings (SSSR count). The average molecular weight is 403 g/mol. The third kappa shape index (κ3) is 3.85. The van der Waals surface area contributed by atoms with Gasteiger partial charge in [-0.3, -0.25) is 4.79 Å². The molecule has 0 bridgehead atoms. The zero-order chi connectivity index (χ0) is 14.5. The quantitative estimate of drug-likeness (QED) is 0.654. The molecule has 2 nitrogen and oxygen atoms in total. The van der Waals surface area contributed by atoms with Gasteiger partial charge in [-0.2, -0.15) is 0 Å². The summed E-state index contributed by atoms with van der Waals surface area (Å²) in [5, 5.41) is 0.836. The molecular weight excluding hydrogens is 382 g/mol. The summed E-state index contributed by atoms with van der Waals surface area (Å²) in [6.45, 7) is 2.82. The minimum atomic E-state index is 0.164. The van der Waals surface area contributed by atoms with Crippen LogP contribution in [0.2, 0.25) is 0 Å². The fraction of sp³-hybridized carbons (Fsp3) is 0.562. The van der Waals surface area contributed by atoms with Gasteiger partial charge in [0.1, 0.15) is 0 Å². The molecule has 0 spiro atoms. The van der Waals surface area contributed by atoms with E-state index in [1.54, 1.807) is 0 Å². The van der Waals surface area contributed by atoms with Crippen LogP contribution in [0.3, 0.4) is 0 Å². The van der Waals surface area contributed by atoms with Gasteiger partial charge in [0, 0.05) is 28.0 Å². The van der Waals surface area contributed by atoms with Gasteiger partial charge in [0.25, 0.3) is 5.91 Å². The normalized spacial score (nSPS) is 16.1. The fourth-order valence-electron chi connectivity index (χ4n) is 2.83. The number of alkyl halides is 1. The van der Waals surface area contributed by atoms with E-state index in [9.17, 15) is 4.79 Å². The maximum atomic E-state index is 12.8. The van der Waals surface area contributed by atoms with Crippen LogP contribution in [0.1, 0.15) is 48.0 Å². The molecular formula is C16H21Br2NO. The maximum Gasteiger partial charge on any atom is 0.254 e.